The summed E-state index contributed by atoms with van der Waals surface area (Å²) in [5, 5.41) is 2.77. The normalized spacial score (nSPS) is 9.09. The van der Waals surface area contributed by atoms with Gasteiger partial charge in [-0.3, -0.25) is 9.78 Å². The van der Waals surface area contributed by atoms with E-state index >= 15 is 0 Å². The second kappa shape index (κ2) is 3.55. The minimum absolute atomic E-state index is 0.126. The van der Waals surface area contributed by atoms with Crippen LogP contribution in [0.15, 0.2) is 18.5 Å². The van der Waals surface area contributed by atoms with Gasteiger partial charge in [0.05, 0.1) is 6.54 Å². The third-order valence-corrected chi connectivity index (χ3v) is 1.07. The molecule has 0 aromatic carbocycles. The average Bonchev–Trinajstić information content (AvgIpc) is 2.03. The van der Waals surface area contributed by atoms with Gasteiger partial charge in [0.15, 0.2) is 0 Å². The molecule has 0 fully saturated rings. The van der Waals surface area contributed by atoms with Crippen molar-refractivity contribution in [1.82, 2.24) is 4.98 Å². The Labute approximate surface area is 64.4 Å². The van der Waals surface area contributed by atoms with Crippen molar-refractivity contribution in [2.75, 3.05) is 11.9 Å². The van der Waals surface area contributed by atoms with E-state index in [4.69, 9.17) is 5.73 Å². The van der Waals surface area contributed by atoms with Gasteiger partial charge in [-0.1, -0.05) is 0 Å². The lowest BCUT2D eigenvalue weighted by molar-refractivity contribution is -0.116. The molecule has 0 aliphatic heterocycles. The molecule has 0 saturated carbocycles. The second-order valence-electron chi connectivity index (χ2n) is 1.97. The topological polar surface area (TPSA) is 68.0 Å². The van der Waals surface area contributed by atoms with Crippen LogP contribution in [-0.4, -0.2) is 17.4 Å². The van der Waals surface area contributed by atoms with E-state index < -0.39 is 5.91 Å². The first-order valence-corrected chi connectivity index (χ1v) is 3.13. The monoisotopic (exact) mass is 150 g/mol. The molecule has 0 spiro atoms. The second-order valence-corrected chi connectivity index (χ2v) is 1.97. The Morgan fingerprint density at radius 3 is 3.18 bits per heavy atom. The van der Waals surface area contributed by atoms with Crippen molar-refractivity contribution in [3.63, 3.8) is 0 Å². The zero-order valence-corrected chi connectivity index (χ0v) is 5.87. The molecule has 1 aromatic heterocycles. The Balaban J connectivity index is 2.45. The highest BCUT2D eigenvalue weighted by Crippen LogP contribution is 1.99. The van der Waals surface area contributed by atoms with Crippen molar-refractivity contribution in [1.29, 1.82) is 0 Å². The minimum Gasteiger partial charge on any atom is -0.376 e. The number of anilines is 1. The largest absolute Gasteiger partial charge is 0.376 e. The van der Waals surface area contributed by atoms with Gasteiger partial charge in [0.1, 0.15) is 0 Å². The van der Waals surface area contributed by atoms with Gasteiger partial charge in [-0.15, -0.1) is 0 Å². The van der Waals surface area contributed by atoms with Crippen molar-refractivity contribution in [2.45, 2.75) is 0 Å². The summed E-state index contributed by atoms with van der Waals surface area (Å²) < 4.78 is 0. The molecule has 0 aliphatic rings. The molecule has 1 heterocycles. The minimum atomic E-state index is -0.393. The van der Waals surface area contributed by atoms with E-state index in [1.54, 1.807) is 12.3 Å². The van der Waals surface area contributed by atoms with E-state index in [9.17, 15) is 4.79 Å². The van der Waals surface area contributed by atoms with Gasteiger partial charge >= 0.3 is 0 Å². The molecule has 3 N–H and O–H groups in total. The van der Waals surface area contributed by atoms with Crippen LogP contribution in [0.4, 0.5) is 5.69 Å². The van der Waals surface area contributed by atoms with Crippen LogP contribution in [0.2, 0.25) is 0 Å². The van der Waals surface area contributed by atoms with Crippen molar-refractivity contribution >= 4 is 11.6 Å². The third-order valence-electron chi connectivity index (χ3n) is 1.07. The number of pyridine rings is 1. The average molecular weight is 150 g/mol. The van der Waals surface area contributed by atoms with Crippen molar-refractivity contribution in [2.24, 2.45) is 5.73 Å². The van der Waals surface area contributed by atoms with E-state index in [0.29, 0.717) is 0 Å². The van der Waals surface area contributed by atoms with Crippen LogP contribution in [0.25, 0.3) is 0 Å². The molecule has 1 aromatic rings. The summed E-state index contributed by atoms with van der Waals surface area (Å²) in [4.78, 5) is 14.1. The molecule has 57 valence electrons. The third kappa shape index (κ3) is 2.66. The van der Waals surface area contributed by atoms with Gasteiger partial charge in [-0.25, -0.2) is 0 Å². The van der Waals surface area contributed by atoms with E-state index in [-0.39, 0.29) is 6.54 Å². The van der Waals surface area contributed by atoms with Gasteiger partial charge in [-0.05, 0) is 6.07 Å². The predicted molar refractivity (Wildman–Crippen MR) is 40.8 cm³/mol. The van der Waals surface area contributed by atoms with Crippen LogP contribution in [0, 0.1) is 6.07 Å². The first kappa shape index (κ1) is 7.53. The quantitative estimate of drug-likeness (QED) is 0.625. The number of amides is 1. The first-order chi connectivity index (χ1) is 5.29. The molecule has 4 heteroatoms. The number of hydrogen-bond acceptors (Lipinski definition) is 3. The SMILES string of the molecule is NC(=O)CNc1[c]cncc1. The summed E-state index contributed by atoms with van der Waals surface area (Å²) in [5.74, 6) is -0.393. The van der Waals surface area contributed by atoms with Crippen LogP contribution in [0.5, 0.6) is 0 Å². The van der Waals surface area contributed by atoms with Crippen molar-refractivity contribution in [3.8, 4) is 0 Å². The number of nitrogens with two attached hydrogens (primary N) is 1. The van der Waals surface area contributed by atoms with E-state index in [1.807, 2.05) is 0 Å². The van der Waals surface area contributed by atoms with Gasteiger partial charge in [0.2, 0.25) is 5.91 Å². The lowest BCUT2D eigenvalue weighted by Crippen LogP contribution is -2.21. The molecule has 1 rings (SSSR count). The molecule has 1 amide bonds. The van der Waals surface area contributed by atoms with Crippen molar-refractivity contribution in [3.05, 3.63) is 24.5 Å². The maximum atomic E-state index is 10.3. The van der Waals surface area contributed by atoms with Gasteiger partial charge in [0, 0.05) is 24.1 Å². The fourth-order valence-electron chi connectivity index (χ4n) is 0.608. The standard InChI is InChI=1S/C7H8N3O/c8-7(11)5-10-6-1-3-9-4-2-6/h1,3-4H,5H2,(H2,8,11)(H,9,10). The van der Waals surface area contributed by atoms with Crippen LogP contribution in [0.3, 0.4) is 0 Å². The molecular formula is C7H8N3O. The zero-order chi connectivity index (χ0) is 8.10. The summed E-state index contributed by atoms with van der Waals surface area (Å²) in [6.45, 7) is 0.126. The molecule has 4 nitrogen and oxygen atoms in total. The smallest absolute Gasteiger partial charge is 0.236 e. The van der Waals surface area contributed by atoms with Gasteiger partial charge in [-0.2, -0.15) is 0 Å². The highest BCUT2D eigenvalue weighted by molar-refractivity contribution is 5.78. The van der Waals surface area contributed by atoms with E-state index in [2.05, 4.69) is 16.4 Å². The highest BCUT2D eigenvalue weighted by Gasteiger charge is 1.92. The summed E-state index contributed by atoms with van der Waals surface area (Å²) in [7, 11) is 0. The van der Waals surface area contributed by atoms with Gasteiger partial charge in [0.25, 0.3) is 0 Å². The van der Waals surface area contributed by atoms with Gasteiger partial charge < -0.3 is 11.1 Å². The molecule has 1 radical (unpaired) electrons. The predicted octanol–water partition coefficient (Wildman–Crippen LogP) is -0.221. The molecule has 0 unspecified atom stereocenters. The molecule has 0 bridgehead atoms. The first-order valence-electron chi connectivity index (χ1n) is 3.13. The Bertz CT molecular complexity index is 235. The maximum absolute atomic E-state index is 10.3. The number of carbonyl (C=O) groups is 1. The number of rotatable bonds is 3. The fourth-order valence-corrected chi connectivity index (χ4v) is 0.608. The number of aromatic nitrogens is 1. The van der Waals surface area contributed by atoms with E-state index in [1.165, 1.54) is 6.20 Å². The number of carbonyl (C=O) groups excluding carboxylic acids is 1. The Morgan fingerprint density at radius 1 is 1.82 bits per heavy atom. The maximum Gasteiger partial charge on any atom is 0.236 e. The Kier molecular flexibility index (Phi) is 2.43. The lowest BCUT2D eigenvalue weighted by atomic mass is 10.4. The molecule has 11 heavy (non-hydrogen) atoms. The summed E-state index contributed by atoms with van der Waals surface area (Å²) in [5.41, 5.74) is 5.63. The summed E-state index contributed by atoms with van der Waals surface area (Å²) >= 11 is 0. The zero-order valence-electron chi connectivity index (χ0n) is 5.87. The van der Waals surface area contributed by atoms with Crippen LogP contribution in [0.1, 0.15) is 0 Å². The van der Waals surface area contributed by atoms with Crippen LogP contribution in [-0.2, 0) is 4.79 Å². The Morgan fingerprint density at radius 2 is 2.64 bits per heavy atom. The van der Waals surface area contributed by atoms with Crippen LogP contribution < -0.4 is 11.1 Å². The molecular weight excluding hydrogens is 142 g/mol. The number of nitrogens with one attached hydrogen (secondary N) is 1. The summed E-state index contributed by atoms with van der Waals surface area (Å²) in [6, 6.07) is 4.50. The molecule has 0 atom stereocenters. The van der Waals surface area contributed by atoms with Crippen LogP contribution >= 0.6 is 0 Å². The number of hydrogen-bond donors (Lipinski definition) is 2. The van der Waals surface area contributed by atoms with Crippen molar-refractivity contribution < 1.29 is 4.79 Å². The molecule has 0 saturated heterocycles. The number of primary amides is 1. The van der Waals surface area contributed by atoms with E-state index in [0.717, 1.165) is 5.69 Å². The number of nitrogens with zero attached hydrogens (tertiary/aromatic N) is 1. The lowest BCUT2D eigenvalue weighted by Gasteiger charge is -2.00. The molecule has 0 aliphatic carbocycles. The highest BCUT2D eigenvalue weighted by atomic mass is 16.1. The summed E-state index contributed by atoms with van der Waals surface area (Å²) in [6.07, 6.45) is 3.13. The fraction of sp³-hybridized carbons (Fsp3) is 0.143. The Hall–Kier alpha value is -1.58.